The highest BCUT2D eigenvalue weighted by molar-refractivity contribution is 7.22. The van der Waals surface area contributed by atoms with Crippen molar-refractivity contribution in [1.29, 1.82) is 0 Å². The van der Waals surface area contributed by atoms with Crippen LogP contribution in [0.25, 0.3) is 10.3 Å². The fourth-order valence-corrected chi connectivity index (χ4v) is 2.45. The van der Waals surface area contributed by atoms with Gasteiger partial charge in [0, 0.05) is 13.1 Å². The summed E-state index contributed by atoms with van der Waals surface area (Å²) in [7, 11) is 3.92. The number of carboxylic acids is 1. The van der Waals surface area contributed by atoms with Gasteiger partial charge < -0.3 is 14.4 Å². The molecule has 7 heteroatoms. The highest BCUT2D eigenvalue weighted by Crippen LogP contribution is 2.31. The van der Waals surface area contributed by atoms with E-state index < -0.39 is 11.6 Å². The Labute approximate surface area is 102 Å². The highest BCUT2D eigenvalue weighted by atomic mass is 32.1. The number of hydrogen-bond donors (Lipinski definition) is 1. The molecule has 0 aromatic carbocycles. The summed E-state index contributed by atoms with van der Waals surface area (Å²) in [5.41, 5.74) is -0.709. The summed E-state index contributed by atoms with van der Waals surface area (Å²) in [6, 6.07) is 3.11. The third kappa shape index (κ3) is 2.05. The fraction of sp³-hybridized carbons (Fsp3) is 0.200. The Hall–Kier alpha value is -1.76. The average molecular weight is 251 g/mol. The van der Waals surface area contributed by atoms with E-state index in [1.54, 1.807) is 6.07 Å². The number of anilines is 1. The predicted molar refractivity (Wildman–Crippen MR) is 69.1 cm³/mol. The summed E-state index contributed by atoms with van der Waals surface area (Å²) in [5, 5.41) is 9.76. The Bertz CT molecular complexity index is 633. The maximum atomic E-state index is 11.4. The molecule has 5 nitrogen and oxygen atoms in total. The van der Waals surface area contributed by atoms with Crippen LogP contribution in [0, 0.1) is 0 Å². The predicted octanol–water partition coefficient (Wildman–Crippen LogP) is 0.580. The number of fused-ring (bicyclic) bond motifs is 1. The maximum Gasteiger partial charge on any atom is 0.351 e. The zero-order valence-corrected chi connectivity index (χ0v) is 10.2. The van der Waals surface area contributed by atoms with Crippen molar-refractivity contribution in [3.8, 4) is 0 Å². The number of aromatic carboxylic acids is 1. The number of thiophene rings is 1. The first kappa shape index (κ1) is 11.7. The molecule has 0 bridgehead atoms. The maximum absolute atomic E-state index is 11.4. The van der Waals surface area contributed by atoms with Gasteiger partial charge in [-0.1, -0.05) is 0 Å². The van der Waals surface area contributed by atoms with Crippen LogP contribution in [0.5, 0.6) is 0 Å². The van der Waals surface area contributed by atoms with Crippen LogP contribution in [-0.2, 0) is 0 Å². The molecule has 2 aromatic heterocycles. The van der Waals surface area contributed by atoms with Gasteiger partial charge in [-0.2, -0.15) is 0 Å². The van der Waals surface area contributed by atoms with Crippen LogP contribution >= 0.6 is 11.3 Å². The quantitative estimate of drug-likeness (QED) is 0.808. The van der Waals surface area contributed by atoms with Gasteiger partial charge in [0.15, 0.2) is 5.58 Å². The van der Waals surface area contributed by atoms with Crippen molar-refractivity contribution in [2.45, 2.75) is 0 Å². The van der Waals surface area contributed by atoms with E-state index in [4.69, 9.17) is 9.52 Å². The summed E-state index contributed by atoms with van der Waals surface area (Å²) in [6.07, 6.45) is 0.822. The molecule has 0 unspecified atom stereocenters. The first-order valence-corrected chi connectivity index (χ1v) is 5.86. The van der Waals surface area contributed by atoms with Gasteiger partial charge in [0.05, 0.1) is 9.70 Å². The van der Waals surface area contributed by atoms with Crippen LogP contribution in [0.15, 0.2) is 21.3 Å². The minimum Gasteiger partial charge on any atom is -0.477 e. The monoisotopic (exact) mass is 251 g/mol. The third-order valence-corrected chi connectivity index (χ3v) is 3.67. The minimum absolute atomic E-state index is 0.329. The van der Waals surface area contributed by atoms with Gasteiger partial charge in [-0.15, -0.1) is 11.3 Å². The standard InChI is InChI=1S/C10H10BNO4S/c1-12(4-11)8-3-6-7(17-8)2-5(9(13)14)10(15)16-6/h2-3H,4,11H2,1H3,(H,13,14). The second-order valence-corrected chi connectivity index (χ2v) is 4.64. The summed E-state index contributed by atoms with van der Waals surface area (Å²) >= 11 is 1.40. The van der Waals surface area contributed by atoms with Gasteiger partial charge in [0.25, 0.3) is 0 Å². The van der Waals surface area contributed by atoms with Crippen molar-refractivity contribution in [3.05, 3.63) is 28.1 Å². The summed E-state index contributed by atoms with van der Waals surface area (Å²) < 4.78 is 5.64. The Morgan fingerprint density at radius 1 is 1.59 bits per heavy atom. The van der Waals surface area contributed by atoms with Crippen LogP contribution in [0.1, 0.15) is 10.4 Å². The highest BCUT2D eigenvalue weighted by Gasteiger charge is 2.14. The lowest BCUT2D eigenvalue weighted by Crippen LogP contribution is -2.16. The lowest BCUT2D eigenvalue weighted by atomic mass is 10.1. The van der Waals surface area contributed by atoms with Crippen molar-refractivity contribution in [2.24, 2.45) is 0 Å². The van der Waals surface area contributed by atoms with Crippen molar-refractivity contribution >= 4 is 40.4 Å². The van der Waals surface area contributed by atoms with E-state index in [1.807, 2.05) is 19.8 Å². The molecule has 0 aliphatic rings. The topological polar surface area (TPSA) is 70.8 Å². The molecule has 0 aliphatic carbocycles. The first-order chi connectivity index (χ1) is 8.02. The van der Waals surface area contributed by atoms with Crippen molar-refractivity contribution in [3.63, 3.8) is 0 Å². The largest absolute Gasteiger partial charge is 0.477 e. The molecule has 0 radical (unpaired) electrons. The van der Waals surface area contributed by atoms with E-state index >= 15 is 0 Å². The van der Waals surface area contributed by atoms with Gasteiger partial charge in [0.1, 0.15) is 13.4 Å². The molecule has 17 heavy (non-hydrogen) atoms. The number of rotatable bonds is 3. The molecular formula is C10H10BNO4S. The average Bonchev–Trinajstić information content (AvgIpc) is 2.69. The smallest absolute Gasteiger partial charge is 0.351 e. The van der Waals surface area contributed by atoms with Crippen molar-refractivity contribution < 1.29 is 14.3 Å². The molecule has 0 saturated carbocycles. The Morgan fingerprint density at radius 2 is 2.29 bits per heavy atom. The van der Waals surface area contributed by atoms with Gasteiger partial charge in [0.2, 0.25) is 0 Å². The third-order valence-electron chi connectivity index (χ3n) is 2.49. The van der Waals surface area contributed by atoms with Gasteiger partial charge in [-0.05, 0) is 12.5 Å². The zero-order valence-electron chi connectivity index (χ0n) is 9.39. The molecule has 0 fully saturated rings. The van der Waals surface area contributed by atoms with Gasteiger partial charge >= 0.3 is 11.6 Å². The van der Waals surface area contributed by atoms with Crippen LogP contribution in [-0.4, -0.2) is 32.4 Å². The van der Waals surface area contributed by atoms with Crippen LogP contribution in [0.3, 0.4) is 0 Å². The fourth-order valence-electron chi connectivity index (χ4n) is 1.39. The zero-order chi connectivity index (χ0) is 12.6. The molecule has 88 valence electrons. The molecule has 0 aliphatic heterocycles. The summed E-state index contributed by atoms with van der Waals surface area (Å²) in [6.45, 7) is 0. The Morgan fingerprint density at radius 3 is 2.88 bits per heavy atom. The van der Waals surface area contributed by atoms with Crippen LogP contribution in [0.4, 0.5) is 5.00 Å². The van der Waals surface area contributed by atoms with E-state index in [1.165, 1.54) is 17.4 Å². The molecular weight excluding hydrogens is 241 g/mol. The van der Waals surface area contributed by atoms with E-state index in [0.717, 1.165) is 11.4 Å². The normalized spacial score (nSPS) is 10.6. The van der Waals surface area contributed by atoms with Crippen LogP contribution in [0.2, 0.25) is 0 Å². The summed E-state index contributed by atoms with van der Waals surface area (Å²) in [5.74, 6) is -1.26. The van der Waals surface area contributed by atoms with Crippen molar-refractivity contribution in [2.75, 3.05) is 18.4 Å². The van der Waals surface area contributed by atoms with Gasteiger partial charge in [-0.3, -0.25) is 0 Å². The van der Waals surface area contributed by atoms with E-state index in [-0.39, 0.29) is 5.56 Å². The number of nitrogens with zero attached hydrogens (tertiary/aromatic N) is 1. The van der Waals surface area contributed by atoms with Gasteiger partial charge in [-0.25, -0.2) is 9.59 Å². The molecule has 2 rings (SSSR count). The Kier molecular flexibility index (Phi) is 2.93. The molecule has 1 N–H and O–H groups in total. The van der Waals surface area contributed by atoms with E-state index in [2.05, 4.69) is 0 Å². The second kappa shape index (κ2) is 4.25. The van der Waals surface area contributed by atoms with E-state index in [0.29, 0.717) is 10.3 Å². The minimum atomic E-state index is -1.26. The summed E-state index contributed by atoms with van der Waals surface area (Å²) in [4.78, 5) is 24.2. The first-order valence-electron chi connectivity index (χ1n) is 5.05. The number of carboxylic acid groups (broad SMARTS) is 1. The molecule has 2 aromatic rings. The molecule has 0 atom stereocenters. The number of hydrogen-bond acceptors (Lipinski definition) is 5. The molecule has 2 heterocycles. The Balaban J connectivity index is 2.62. The lowest BCUT2D eigenvalue weighted by Gasteiger charge is -2.12. The SMILES string of the molecule is BCN(C)c1cc2oc(=O)c(C(=O)O)cc2s1. The second-order valence-electron chi connectivity index (χ2n) is 3.58. The van der Waals surface area contributed by atoms with Crippen LogP contribution < -0.4 is 10.5 Å². The lowest BCUT2D eigenvalue weighted by molar-refractivity contribution is 0.0692. The molecule has 0 spiro atoms. The number of carbonyl (C=O) groups is 1. The van der Waals surface area contributed by atoms with Crippen molar-refractivity contribution in [1.82, 2.24) is 0 Å². The van der Waals surface area contributed by atoms with E-state index in [9.17, 15) is 9.59 Å². The molecule has 0 amide bonds. The molecule has 0 saturated heterocycles.